The second-order valence-corrected chi connectivity index (χ2v) is 7.75. The Morgan fingerprint density at radius 2 is 2.14 bits per heavy atom. The largest absolute Gasteiger partial charge is 0.496 e. The van der Waals surface area contributed by atoms with Gasteiger partial charge in [-0.2, -0.15) is 5.10 Å². The van der Waals surface area contributed by atoms with E-state index in [9.17, 15) is 4.79 Å². The maximum absolute atomic E-state index is 12.7. The maximum Gasteiger partial charge on any atom is 0.271 e. The fourth-order valence-electron chi connectivity index (χ4n) is 4.16. The van der Waals surface area contributed by atoms with Gasteiger partial charge in [-0.15, -0.1) is 0 Å². The first kappa shape index (κ1) is 17.0. The van der Waals surface area contributed by atoms with Crippen molar-refractivity contribution in [2.75, 3.05) is 13.7 Å². The van der Waals surface area contributed by atoms with Crippen molar-refractivity contribution in [1.29, 1.82) is 0 Å². The second-order valence-electron chi connectivity index (χ2n) is 7.75. The Bertz CT molecular complexity index is 1000. The number of para-hydroxylation sites is 1. The summed E-state index contributed by atoms with van der Waals surface area (Å²) in [5.74, 6) is 1.78. The highest BCUT2D eigenvalue weighted by atomic mass is 16.5. The maximum atomic E-state index is 12.7. The molecule has 5 rings (SSSR count). The summed E-state index contributed by atoms with van der Waals surface area (Å²) in [4.78, 5) is 20.9. The van der Waals surface area contributed by atoms with Crippen LogP contribution >= 0.6 is 0 Å². The number of carbonyl (C=O) groups excluding carboxylic acids is 1. The highest BCUT2D eigenvalue weighted by Crippen LogP contribution is 2.48. The van der Waals surface area contributed by atoms with E-state index in [1.54, 1.807) is 13.3 Å². The summed E-state index contributed by atoms with van der Waals surface area (Å²) in [6, 6.07) is 9.93. The van der Waals surface area contributed by atoms with Crippen molar-refractivity contribution in [3.8, 4) is 5.75 Å². The molecular formula is C21H23N5O2. The molecule has 3 heterocycles. The van der Waals surface area contributed by atoms with E-state index in [1.807, 2.05) is 35.1 Å². The molecule has 144 valence electrons. The van der Waals surface area contributed by atoms with Crippen molar-refractivity contribution < 1.29 is 9.53 Å². The molecule has 2 N–H and O–H groups in total. The minimum atomic E-state index is -0.107. The molecule has 1 fully saturated rings. The summed E-state index contributed by atoms with van der Waals surface area (Å²) in [6.07, 6.45) is 6.59. The molecule has 1 atom stereocenters. The van der Waals surface area contributed by atoms with Crippen LogP contribution in [0.1, 0.15) is 46.3 Å². The monoisotopic (exact) mass is 377 g/mol. The average molecular weight is 377 g/mol. The van der Waals surface area contributed by atoms with Gasteiger partial charge in [0.2, 0.25) is 0 Å². The van der Waals surface area contributed by atoms with Gasteiger partial charge in [-0.25, -0.2) is 4.98 Å². The molecule has 3 aromatic rings. The molecule has 1 aromatic carbocycles. The van der Waals surface area contributed by atoms with Crippen LogP contribution in [0.5, 0.6) is 5.75 Å². The van der Waals surface area contributed by atoms with Crippen molar-refractivity contribution in [2.24, 2.45) is 0 Å². The Kier molecular flexibility index (Phi) is 3.96. The van der Waals surface area contributed by atoms with Crippen molar-refractivity contribution in [3.05, 3.63) is 65.5 Å². The number of methoxy groups -OCH3 is 1. The molecule has 7 nitrogen and oxygen atoms in total. The molecule has 0 radical (unpaired) electrons. The number of ether oxygens (including phenoxy) is 1. The summed E-state index contributed by atoms with van der Waals surface area (Å²) >= 11 is 0. The first-order valence-corrected chi connectivity index (χ1v) is 9.66. The molecule has 0 bridgehead atoms. The van der Waals surface area contributed by atoms with Crippen LogP contribution < -0.4 is 10.1 Å². The summed E-state index contributed by atoms with van der Waals surface area (Å²) in [5, 5.41) is 7.37. The van der Waals surface area contributed by atoms with Gasteiger partial charge >= 0.3 is 0 Å². The molecule has 1 aliphatic carbocycles. The number of carbonyl (C=O) groups is 1. The number of fused-ring (bicyclic) bond motifs is 1. The highest BCUT2D eigenvalue weighted by Gasteiger charge is 2.48. The Hall–Kier alpha value is -3.09. The van der Waals surface area contributed by atoms with Gasteiger partial charge in [0.25, 0.3) is 5.91 Å². The number of hydrogen-bond acceptors (Lipinski definition) is 4. The fourth-order valence-corrected chi connectivity index (χ4v) is 4.16. The van der Waals surface area contributed by atoms with E-state index in [2.05, 4.69) is 21.5 Å². The fraction of sp³-hybridized carbons (Fsp3) is 0.381. The van der Waals surface area contributed by atoms with E-state index in [4.69, 9.17) is 9.72 Å². The van der Waals surface area contributed by atoms with E-state index in [0.717, 1.165) is 48.6 Å². The third kappa shape index (κ3) is 2.87. The Labute approximate surface area is 163 Å². The summed E-state index contributed by atoms with van der Waals surface area (Å²) < 4.78 is 7.48. The van der Waals surface area contributed by atoms with Crippen LogP contribution in [0.25, 0.3) is 0 Å². The number of nitrogens with one attached hydrogen (secondary N) is 2. The number of imidazole rings is 1. The second kappa shape index (κ2) is 6.51. The predicted molar refractivity (Wildman–Crippen MR) is 103 cm³/mol. The molecule has 2 aromatic heterocycles. The molecule has 1 amide bonds. The number of hydrogen-bond donors (Lipinski definition) is 2. The van der Waals surface area contributed by atoms with Crippen molar-refractivity contribution >= 4 is 5.91 Å². The minimum absolute atomic E-state index is 0.0432. The molecule has 2 aliphatic rings. The third-order valence-corrected chi connectivity index (χ3v) is 5.91. The summed E-state index contributed by atoms with van der Waals surface area (Å²) in [5.41, 5.74) is 2.50. The standard InChI is InChI=1S/C21H23N5O2/c1-28-17-6-3-2-5-15(17)14-11-16-18(19(27)22-12-14)25-20(24-16)21(7-8-21)13-26-10-4-9-23-26/h2-6,9-10,14H,7-8,11-13H2,1H3,(H,22,27)(H,24,25)/t14-/m1/s1. The van der Waals surface area contributed by atoms with E-state index >= 15 is 0 Å². The lowest BCUT2D eigenvalue weighted by Crippen LogP contribution is -2.27. The molecule has 0 saturated heterocycles. The Balaban J connectivity index is 1.46. The quantitative estimate of drug-likeness (QED) is 0.715. The molecule has 1 aliphatic heterocycles. The number of amides is 1. The zero-order valence-electron chi connectivity index (χ0n) is 15.8. The number of nitrogens with zero attached hydrogens (tertiary/aromatic N) is 3. The number of aromatic amines is 1. The highest BCUT2D eigenvalue weighted by molar-refractivity contribution is 5.94. The van der Waals surface area contributed by atoms with Crippen molar-refractivity contribution in [3.63, 3.8) is 0 Å². The lowest BCUT2D eigenvalue weighted by Gasteiger charge is -2.18. The molecule has 1 saturated carbocycles. The normalized spacial score (nSPS) is 20.2. The van der Waals surface area contributed by atoms with Gasteiger partial charge in [-0.05, 0) is 37.0 Å². The van der Waals surface area contributed by atoms with Gasteiger partial charge in [-0.3, -0.25) is 9.48 Å². The first-order chi connectivity index (χ1) is 13.7. The number of rotatable bonds is 5. The van der Waals surface area contributed by atoms with Crippen LogP contribution in [0, 0.1) is 0 Å². The van der Waals surface area contributed by atoms with E-state index in [0.29, 0.717) is 12.2 Å². The van der Waals surface area contributed by atoms with Crippen LogP contribution in [0.2, 0.25) is 0 Å². The minimum Gasteiger partial charge on any atom is -0.496 e. The van der Waals surface area contributed by atoms with Gasteiger partial charge < -0.3 is 15.0 Å². The Morgan fingerprint density at radius 3 is 2.89 bits per heavy atom. The predicted octanol–water partition coefficient (Wildman–Crippen LogP) is 2.42. The molecular weight excluding hydrogens is 354 g/mol. The van der Waals surface area contributed by atoms with Crippen LogP contribution in [-0.2, 0) is 18.4 Å². The molecule has 7 heteroatoms. The zero-order valence-corrected chi connectivity index (χ0v) is 15.8. The van der Waals surface area contributed by atoms with Crippen LogP contribution in [0.3, 0.4) is 0 Å². The number of benzene rings is 1. The number of H-pyrrole nitrogens is 1. The van der Waals surface area contributed by atoms with Crippen molar-refractivity contribution in [1.82, 2.24) is 25.1 Å². The summed E-state index contributed by atoms with van der Waals surface area (Å²) in [6.45, 7) is 1.35. The van der Waals surface area contributed by atoms with E-state index < -0.39 is 0 Å². The van der Waals surface area contributed by atoms with Gasteiger partial charge in [0.05, 0.1) is 13.7 Å². The van der Waals surface area contributed by atoms with E-state index in [1.165, 1.54) is 0 Å². The molecule has 0 spiro atoms. The average Bonchev–Trinajstić information content (AvgIpc) is 3.14. The van der Waals surface area contributed by atoms with E-state index in [-0.39, 0.29) is 17.2 Å². The Morgan fingerprint density at radius 1 is 1.29 bits per heavy atom. The van der Waals surface area contributed by atoms with Gasteiger partial charge in [-0.1, -0.05) is 18.2 Å². The number of aromatic nitrogens is 4. The van der Waals surface area contributed by atoms with Crippen molar-refractivity contribution in [2.45, 2.75) is 37.1 Å². The van der Waals surface area contributed by atoms with Gasteiger partial charge in [0, 0.05) is 36.0 Å². The third-order valence-electron chi connectivity index (χ3n) is 5.91. The molecule has 28 heavy (non-hydrogen) atoms. The molecule has 0 unspecified atom stereocenters. The van der Waals surface area contributed by atoms with Crippen LogP contribution in [0.4, 0.5) is 0 Å². The van der Waals surface area contributed by atoms with Crippen LogP contribution in [-0.4, -0.2) is 39.3 Å². The lowest BCUT2D eigenvalue weighted by atomic mass is 9.93. The first-order valence-electron chi connectivity index (χ1n) is 9.66. The van der Waals surface area contributed by atoms with Gasteiger partial charge in [0.15, 0.2) is 0 Å². The SMILES string of the molecule is COc1ccccc1[C@H]1CNC(=O)c2nc(C3(Cn4cccn4)CC3)[nH]c2C1. The lowest BCUT2D eigenvalue weighted by molar-refractivity contribution is 0.0950. The smallest absolute Gasteiger partial charge is 0.271 e. The van der Waals surface area contributed by atoms with Crippen LogP contribution in [0.15, 0.2) is 42.7 Å². The summed E-state index contributed by atoms with van der Waals surface area (Å²) in [7, 11) is 1.68. The van der Waals surface area contributed by atoms with Gasteiger partial charge in [0.1, 0.15) is 17.3 Å². The topological polar surface area (TPSA) is 84.8 Å². The zero-order chi connectivity index (χ0) is 19.1.